The monoisotopic (exact) mass is 559 g/mol. The van der Waals surface area contributed by atoms with Crippen LogP contribution in [0, 0.1) is 24.5 Å². The van der Waals surface area contributed by atoms with Gasteiger partial charge in [0.15, 0.2) is 28.5 Å². The van der Waals surface area contributed by atoms with Gasteiger partial charge in [0.25, 0.3) is 6.43 Å². The lowest BCUT2D eigenvalue weighted by Crippen LogP contribution is -2.39. The zero-order chi connectivity index (χ0) is 27.5. The maximum absolute atomic E-state index is 15.1. The maximum Gasteiger partial charge on any atom is 0.253 e. The molecule has 4 heterocycles. The van der Waals surface area contributed by atoms with E-state index in [1.165, 1.54) is 31.6 Å². The summed E-state index contributed by atoms with van der Waals surface area (Å²) in [7, 11) is 0. The molecule has 4 aromatic rings. The Kier molecular flexibility index (Phi) is 5.90. The Balaban J connectivity index is 1.30. The number of aromatic nitrogens is 4. The second-order valence-corrected chi connectivity index (χ2v) is 10.9. The molecule has 1 aromatic carbocycles. The Bertz CT molecular complexity index is 1630. The van der Waals surface area contributed by atoms with Crippen molar-refractivity contribution in [2.75, 3.05) is 5.32 Å². The third kappa shape index (κ3) is 4.32. The Hall–Kier alpha value is -3.94. The van der Waals surface area contributed by atoms with Crippen LogP contribution in [-0.2, 0) is 12.1 Å². The van der Waals surface area contributed by atoms with Crippen LogP contribution in [0.25, 0.3) is 11.0 Å². The highest BCUT2D eigenvalue weighted by atomic mass is 32.2. The number of benzene rings is 1. The first-order valence-corrected chi connectivity index (χ1v) is 12.7. The summed E-state index contributed by atoms with van der Waals surface area (Å²) < 4.78 is 67.0. The van der Waals surface area contributed by atoms with Crippen molar-refractivity contribution in [1.29, 1.82) is 0 Å². The Morgan fingerprint density at radius 2 is 2.08 bits per heavy atom. The van der Waals surface area contributed by atoms with Gasteiger partial charge < -0.3 is 20.2 Å². The number of anilines is 2. The zero-order valence-electron chi connectivity index (χ0n) is 20.6. The first kappa shape index (κ1) is 25.3. The number of thioether (sulfide) groups is 1. The van der Waals surface area contributed by atoms with Crippen LogP contribution in [0.3, 0.4) is 0 Å². The fraction of sp³-hybridized carbons (Fsp3) is 0.320. The molecule has 1 fully saturated rings. The van der Waals surface area contributed by atoms with E-state index >= 15 is 4.39 Å². The van der Waals surface area contributed by atoms with Crippen molar-refractivity contribution < 1.29 is 26.7 Å². The molecule has 3 N–H and O–H groups in total. The van der Waals surface area contributed by atoms with Crippen molar-refractivity contribution in [3.63, 3.8) is 0 Å². The van der Waals surface area contributed by atoms with Gasteiger partial charge in [-0.25, -0.2) is 37.5 Å². The SMILES string of the molecule is Cc1nc(COc2cnc3c(Nc4cc(F)c(F)c([C@]5(C)N=C(N)S[C@@]6(C(F)F)C[C@@H]56)c4)nccc3n2)co1. The van der Waals surface area contributed by atoms with Gasteiger partial charge in [0, 0.05) is 36.4 Å². The van der Waals surface area contributed by atoms with Crippen LogP contribution >= 0.6 is 11.8 Å². The molecule has 14 heteroatoms. The lowest BCUT2D eigenvalue weighted by atomic mass is 9.85. The molecule has 0 bridgehead atoms. The second kappa shape index (κ2) is 9.07. The molecule has 3 atom stereocenters. The van der Waals surface area contributed by atoms with Gasteiger partial charge in [-0.05, 0) is 25.5 Å². The van der Waals surface area contributed by atoms with E-state index in [2.05, 4.69) is 30.2 Å². The molecule has 0 radical (unpaired) electrons. The Morgan fingerprint density at radius 1 is 1.26 bits per heavy atom. The highest BCUT2D eigenvalue weighted by Gasteiger charge is 2.71. The fourth-order valence-corrected chi connectivity index (χ4v) is 6.32. The summed E-state index contributed by atoms with van der Waals surface area (Å²) >= 11 is 0.793. The number of halogens is 4. The highest BCUT2D eigenvalue weighted by Crippen LogP contribution is 2.68. The molecule has 1 aliphatic heterocycles. The number of nitrogens with one attached hydrogen (secondary N) is 1. The van der Waals surface area contributed by atoms with Crippen molar-refractivity contribution >= 4 is 39.5 Å². The van der Waals surface area contributed by atoms with Crippen LogP contribution in [-0.4, -0.2) is 36.3 Å². The van der Waals surface area contributed by atoms with Crippen LogP contribution in [0.4, 0.5) is 29.1 Å². The van der Waals surface area contributed by atoms with Gasteiger partial charge in [-0.1, -0.05) is 11.8 Å². The van der Waals surface area contributed by atoms with E-state index in [1.54, 1.807) is 13.0 Å². The quantitative estimate of drug-likeness (QED) is 0.293. The summed E-state index contributed by atoms with van der Waals surface area (Å²) in [4.78, 5) is 21.5. The van der Waals surface area contributed by atoms with Crippen molar-refractivity contribution in [2.24, 2.45) is 16.6 Å². The minimum absolute atomic E-state index is 0.0793. The van der Waals surface area contributed by atoms with Crippen molar-refractivity contribution in [1.82, 2.24) is 19.9 Å². The molecule has 6 rings (SSSR count). The Morgan fingerprint density at radius 3 is 2.82 bits per heavy atom. The van der Waals surface area contributed by atoms with E-state index in [4.69, 9.17) is 14.9 Å². The van der Waals surface area contributed by atoms with E-state index in [9.17, 15) is 13.2 Å². The molecular formula is C25H21F4N7O2S. The smallest absolute Gasteiger partial charge is 0.253 e. The first-order chi connectivity index (χ1) is 18.6. The predicted octanol–water partition coefficient (Wildman–Crippen LogP) is 5.22. The van der Waals surface area contributed by atoms with Gasteiger partial charge in [-0.3, -0.25) is 4.99 Å². The number of ether oxygens (including phenoxy) is 1. The number of aliphatic imine (C=N–C) groups is 1. The fourth-order valence-electron chi connectivity index (χ4n) is 4.98. The zero-order valence-corrected chi connectivity index (χ0v) is 21.4. The van der Waals surface area contributed by atoms with Gasteiger partial charge in [0.1, 0.15) is 24.1 Å². The summed E-state index contributed by atoms with van der Waals surface area (Å²) in [5.41, 5.74) is 5.71. The largest absolute Gasteiger partial charge is 0.470 e. The number of fused-ring (bicyclic) bond motifs is 2. The molecule has 9 nitrogen and oxygen atoms in total. The minimum atomic E-state index is -2.69. The van der Waals surface area contributed by atoms with Crippen molar-refractivity contribution in [3.8, 4) is 5.88 Å². The van der Waals surface area contributed by atoms with Crippen LogP contribution in [0.15, 0.2) is 46.3 Å². The van der Waals surface area contributed by atoms with Gasteiger partial charge in [-0.2, -0.15) is 0 Å². The number of aryl methyl sites for hydroxylation is 1. The first-order valence-electron chi connectivity index (χ1n) is 11.8. The van der Waals surface area contributed by atoms with Crippen LogP contribution in [0.2, 0.25) is 0 Å². The standard InChI is InChI=1S/C25H21F4N7O2S/c1-11-33-13(9-37-11)10-38-18-8-32-20-16(35-18)3-4-31-21(20)34-12-5-14(19(27)15(26)6-12)24(2)17-7-25(17,22(28)29)39-23(30)36-24/h3-6,8-9,17,22H,7,10H2,1-2H3,(H2,30,36)(H,31,34)/t17-,24-,25-/m0/s1. The highest BCUT2D eigenvalue weighted by molar-refractivity contribution is 8.15. The molecule has 2 aliphatic rings. The summed E-state index contributed by atoms with van der Waals surface area (Å²) in [6, 6.07) is 3.91. The third-order valence-electron chi connectivity index (χ3n) is 6.95. The molecule has 0 unspecified atom stereocenters. The molecule has 0 amide bonds. The van der Waals surface area contributed by atoms with E-state index in [0.29, 0.717) is 22.6 Å². The van der Waals surface area contributed by atoms with Crippen LogP contribution < -0.4 is 15.8 Å². The number of hydrogen-bond donors (Lipinski definition) is 2. The summed E-state index contributed by atoms with van der Waals surface area (Å²) in [6.45, 7) is 3.35. The van der Waals surface area contributed by atoms with E-state index in [0.717, 1.165) is 17.8 Å². The van der Waals surface area contributed by atoms with Crippen molar-refractivity contribution in [3.05, 3.63) is 65.6 Å². The normalized spacial score (nSPS) is 24.0. The second-order valence-electron chi connectivity index (χ2n) is 9.54. The number of pyridine rings is 1. The van der Waals surface area contributed by atoms with Gasteiger partial charge in [0.2, 0.25) is 5.88 Å². The average molecular weight is 560 g/mol. The van der Waals surface area contributed by atoms with Crippen LogP contribution in [0.1, 0.15) is 30.5 Å². The number of rotatable bonds is 7. The number of hydrogen-bond acceptors (Lipinski definition) is 10. The predicted molar refractivity (Wildman–Crippen MR) is 136 cm³/mol. The average Bonchev–Trinajstić information content (AvgIpc) is 3.51. The maximum atomic E-state index is 15.1. The molecule has 202 valence electrons. The number of amidine groups is 1. The lowest BCUT2D eigenvalue weighted by molar-refractivity contribution is 0.123. The summed E-state index contributed by atoms with van der Waals surface area (Å²) in [5.74, 6) is -2.09. The van der Waals surface area contributed by atoms with E-state index in [1.807, 2.05) is 0 Å². The van der Waals surface area contributed by atoms with Gasteiger partial charge in [-0.15, -0.1) is 0 Å². The van der Waals surface area contributed by atoms with Gasteiger partial charge in [0.05, 0.1) is 22.0 Å². The molecule has 39 heavy (non-hydrogen) atoms. The summed E-state index contributed by atoms with van der Waals surface area (Å²) in [6.07, 6.45) is 1.73. The summed E-state index contributed by atoms with van der Waals surface area (Å²) in [5, 5.41) is 2.86. The number of oxazole rings is 1. The molecule has 1 saturated carbocycles. The van der Waals surface area contributed by atoms with E-state index in [-0.39, 0.29) is 41.1 Å². The van der Waals surface area contributed by atoms with Crippen LogP contribution in [0.5, 0.6) is 5.88 Å². The molecule has 0 spiro atoms. The molecule has 3 aromatic heterocycles. The van der Waals surface area contributed by atoms with Crippen molar-refractivity contribution in [2.45, 2.75) is 43.6 Å². The number of alkyl halides is 2. The molecule has 0 saturated heterocycles. The van der Waals surface area contributed by atoms with E-state index < -0.39 is 34.3 Å². The molecular weight excluding hydrogens is 538 g/mol. The number of nitrogens with two attached hydrogens (primary N) is 1. The minimum Gasteiger partial charge on any atom is -0.470 e. The molecule has 1 aliphatic carbocycles. The topological polar surface area (TPSA) is 124 Å². The third-order valence-corrected chi connectivity index (χ3v) is 8.26. The number of nitrogens with zero attached hydrogens (tertiary/aromatic N) is 5. The Labute approximate surface area is 223 Å². The van der Waals surface area contributed by atoms with Gasteiger partial charge >= 0.3 is 0 Å². The lowest BCUT2D eigenvalue weighted by Gasteiger charge is -2.34.